The van der Waals surface area contributed by atoms with Gasteiger partial charge in [0.2, 0.25) is 6.36 Å². The first kappa shape index (κ1) is 23.1. The Labute approximate surface area is 171 Å². The van der Waals surface area contributed by atoms with Gasteiger partial charge in [0.05, 0.1) is 0 Å². The SMILES string of the molecule is CC(=O)OC[C@H]1OC(F)[C@H](OC(C)=O)[C@@H](OC(=O)Nc2ccccc2)[C@@H]1OC(C)=O. The number of hydrogen-bond donors (Lipinski definition) is 1. The molecule has 11 heteroatoms. The number of carbonyl (C=O) groups is 4. The van der Waals surface area contributed by atoms with Crippen LogP contribution in [0.4, 0.5) is 14.9 Å². The molecule has 1 aliphatic heterocycles. The number of esters is 3. The van der Waals surface area contributed by atoms with Crippen LogP contribution in [0.5, 0.6) is 0 Å². The van der Waals surface area contributed by atoms with Gasteiger partial charge >= 0.3 is 24.0 Å². The summed E-state index contributed by atoms with van der Waals surface area (Å²) >= 11 is 0. The Hall–Kier alpha value is -3.21. The zero-order chi connectivity index (χ0) is 22.3. The highest BCUT2D eigenvalue weighted by Gasteiger charge is 2.52. The molecule has 0 saturated carbocycles. The van der Waals surface area contributed by atoms with Crippen LogP contribution in [0.15, 0.2) is 30.3 Å². The molecule has 0 radical (unpaired) electrons. The molecule has 5 atom stereocenters. The Bertz CT molecular complexity index is 773. The van der Waals surface area contributed by atoms with Crippen molar-refractivity contribution in [3.8, 4) is 0 Å². The molecular weight excluding hydrogens is 405 g/mol. The van der Waals surface area contributed by atoms with Crippen LogP contribution in [0, 0.1) is 0 Å². The third-order valence-electron chi connectivity index (χ3n) is 3.90. The number of nitrogens with one attached hydrogen (secondary N) is 1. The Morgan fingerprint density at radius 3 is 2.07 bits per heavy atom. The summed E-state index contributed by atoms with van der Waals surface area (Å²) in [5.41, 5.74) is 0.385. The lowest BCUT2D eigenvalue weighted by Gasteiger charge is -2.41. The third kappa shape index (κ3) is 6.69. The van der Waals surface area contributed by atoms with E-state index in [0.717, 1.165) is 20.8 Å². The largest absolute Gasteiger partial charge is 0.463 e. The number of para-hydroxylation sites is 1. The maximum absolute atomic E-state index is 14.6. The zero-order valence-electron chi connectivity index (χ0n) is 16.5. The van der Waals surface area contributed by atoms with Gasteiger partial charge in [-0.15, -0.1) is 0 Å². The van der Waals surface area contributed by atoms with E-state index in [-0.39, 0.29) is 0 Å². The number of anilines is 1. The fraction of sp³-hybridized carbons (Fsp3) is 0.474. The molecule has 1 amide bonds. The van der Waals surface area contributed by atoms with E-state index in [9.17, 15) is 23.6 Å². The topological polar surface area (TPSA) is 126 Å². The second-order valence-corrected chi connectivity index (χ2v) is 6.34. The van der Waals surface area contributed by atoms with Crippen molar-refractivity contribution in [3.05, 3.63) is 30.3 Å². The molecule has 0 spiro atoms. The minimum Gasteiger partial charge on any atom is -0.463 e. The summed E-state index contributed by atoms with van der Waals surface area (Å²) in [6.07, 6.45) is -9.28. The molecule has 1 aromatic carbocycles. The van der Waals surface area contributed by atoms with E-state index in [2.05, 4.69) is 5.32 Å². The van der Waals surface area contributed by atoms with E-state index in [1.54, 1.807) is 30.3 Å². The quantitative estimate of drug-likeness (QED) is 0.533. The van der Waals surface area contributed by atoms with Gasteiger partial charge in [0, 0.05) is 26.5 Å². The van der Waals surface area contributed by atoms with Gasteiger partial charge in [-0.3, -0.25) is 19.7 Å². The molecule has 0 bridgehead atoms. The van der Waals surface area contributed by atoms with Crippen molar-refractivity contribution < 1.29 is 47.3 Å². The van der Waals surface area contributed by atoms with Crippen molar-refractivity contribution >= 4 is 29.7 Å². The highest BCUT2D eigenvalue weighted by Crippen LogP contribution is 2.30. The molecule has 30 heavy (non-hydrogen) atoms. The highest BCUT2D eigenvalue weighted by molar-refractivity contribution is 5.84. The van der Waals surface area contributed by atoms with Gasteiger partial charge in [0.15, 0.2) is 18.3 Å². The van der Waals surface area contributed by atoms with Crippen LogP contribution in [0.25, 0.3) is 0 Å². The van der Waals surface area contributed by atoms with E-state index in [0.29, 0.717) is 5.69 Å². The summed E-state index contributed by atoms with van der Waals surface area (Å²) in [5.74, 6) is -2.35. The minimum atomic E-state index is -2.24. The summed E-state index contributed by atoms with van der Waals surface area (Å²) in [7, 11) is 0. The number of ether oxygens (including phenoxy) is 5. The smallest absolute Gasteiger partial charge is 0.412 e. The lowest BCUT2D eigenvalue weighted by atomic mass is 9.99. The highest BCUT2D eigenvalue weighted by atomic mass is 19.1. The van der Waals surface area contributed by atoms with Crippen molar-refractivity contribution in [2.24, 2.45) is 0 Å². The van der Waals surface area contributed by atoms with Gasteiger partial charge in [-0.25, -0.2) is 9.18 Å². The number of carbonyl (C=O) groups excluding carboxylic acids is 4. The number of halogens is 1. The van der Waals surface area contributed by atoms with Crippen LogP contribution >= 0.6 is 0 Å². The number of hydrogen-bond acceptors (Lipinski definition) is 9. The molecule has 1 heterocycles. The average Bonchev–Trinajstić information content (AvgIpc) is 2.65. The maximum atomic E-state index is 14.6. The average molecular weight is 427 g/mol. The number of alkyl halides is 1. The molecule has 1 unspecified atom stereocenters. The molecule has 1 aromatic rings. The first-order valence-corrected chi connectivity index (χ1v) is 8.97. The van der Waals surface area contributed by atoms with Crippen molar-refractivity contribution in [1.82, 2.24) is 0 Å². The summed E-state index contributed by atoms with van der Waals surface area (Å²) < 4.78 is 39.9. The van der Waals surface area contributed by atoms with E-state index >= 15 is 0 Å². The van der Waals surface area contributed by atoms with E-state index in [1.165, 1.54) is 0 Å². The molecule has 2 rings (SSSR count). The van der Waals surface area contributed by atoms with Crippen molar-refractivity contribution in [2.75, 3.05) is 11.9 Å². The van der Waals surface area contributed by atoms with E-state index in [4.69, 9.17) is 23.7 Å². The molecule has 10 nitrogen and oxygen atoms in total. The summed E-state index contributed by atoms with van der Waals surface area (Å²) in [6, 6.07) is 8.23. The van der Waals surface area contributed by atoms with Crippen LogP contribution in [-0.4, -0.2) is 61.4 Å². The fourth-order valence-corrected chi connectivity index (χ4v) is 2.78. The molecule has 1 N–H and O–H groups in total. The Morgan fingerprint density at radius 1 is 0.900 bits per heavy atom. The molecule has 1 aliphatic rings. The Morgan fingerprint density at radius 2 is 1.50 bits per heavy atom. The fourth-order valence-electron chi connectivity index (χ4n) is 2.78. The molecule has 0 aliphatic carbocycles. The van der Waals surface area contributed by atoms with Crippen LogP contribution in [-0.2, 0) is 38.1 Å². The molecule has 1 saturated heterocycles. The predicted octanol–water partition coefficient (Wildman–Crippen LogP) is 1.72. The minimum absolute atomic E-state index is 0.385. The second kappa shape index (κ2) is 10.5. The van der Waals surface area contributed by atoms with Gasteiger partial charge in [0.1, 0.15) is 12.7 Å². The summed E-state index contributed by atoms with van der Waals surface area (Å²) in [4.78, 5) is 46.5. The molecule has 0 aromatic heterocycles. The van der Waals surface area contributed by atoms with Gasteiger partial charge < -0.3 is 23.7 Å². The van der Waals surface area contributed by atoms with Crippen LogP contribution in [0.1, 0.15) is 20.8 Å². The lowest BCUT2D eigenvalue weighted by Crippen LogP contribution is -2.61. The van der Waals surface area contributed by atoms with Crippen molar-refractivity contribution in [1.29, 1.82) is 0 Å². The van der Waals surface area contributed by atoms with Crippen molar-refractivity contribution in [2.45, 2.75) is 51.5 Å². The number of rotatable bonds is 6. The second-order valence-electron chi connectivity index (χ2n) is 6.34. The standard InChI is InChI=1S/C19H22FNO9/c1-10(22)26-9-14-15(27-11(2)23)16(17(18(20)29-14)28-12(3)24)30-19(25)21-13-7-5-4-6-8-13/h4-8,14-18H,9H2,1-3H3,(H,21,25)/t14-,15-,16+,17-,18?/m1/s1. The molecule has 164 valence electrons. The maximum Gasteiger partial charge on any atom is 0.412 e. The summed E-state index contributed by atoms with van der Waals surface area (Å²) in [5, 5.41) is 2.43. The van der Waals surface area contributed by atoms with Crippen LogP contribution in [0.3, 0.4) is 0 Å². The van der Waals surface area contributed by atoms with Gasteiger partial charge in [0.25, 0.3) is 0 Å². The van der Waals surface area contributed by atoms with Crippen molar-refractivity contribution in [3.63, 3.8) is 0 Å². The third-order valence-corrected chi connectivity index (χ3v) is 3.90. The van der Waals surface area contributed by atoms with Gasteiger partial charge in [-0.1, -0.05) is 18.2 Å². The van der Waals surface area contributed by atoms with Gasteiger partial charge in [-0.05, 0) is 12.1 Å². The Balaban J connectivity index is 2.28. The summed E-state index contributed by atoms with van der Waals surface area (Å²) in [6.45, 7) is 2.74. The Kier molecular flexibility index (Phi) is 8.10. The normalized spacial score (nSPS) is 25.5. The lowest BCUT2D eigenvalue weighted by molar-refractivity contribution is -0.272. The molecule has 1 fully saturated rings. The predicted molar refractivity (Wildman–Crippen MR) is 97.8 cm³/mol. The number of amides is 1. The van der Waals surface area contributed by atoms with E-state index < -0.39 is 61.4 Å². The van der Waals surface area contributed by atoms with Crippen LogP contribution in [0.2, 0.25) is 0 Å². The van der Waals surface area contributed by atoms with E-state index in [1.807, 2.05) is 0 Å². The zero-order valence-corrected chi connectivity index (χ0v) is 16.5. The number of benzene rings is 1. The van der Waals surface area contributed by atoms with Gasteiger partial charge in [-0.2, -0.15) is 0 Å². The monoisotopic (exact) mass is 427 g/mol. The first-order valence-electron chi connectivity index (χ1n) is 8.97. The van der Waals surface area contributed by atoms with Crippen LogP contribution < -0.4 is 5.32 Å². The molecular formula is C19H22FNO9. The first-order chi connectivity index (χ1) is 14.2.